The van der Waals surface area contributed by atoms with Crippen LogP contribution in [0.25, 0.3) is 16.7 Å². The molecule has 0 aliphatic carbocycles. The average molecular weight is 612 g/mol. The molecule has 3 aromatic carbocycles. The van der Waals surface area contributed by atoms with Crippen molar-refractivity contribution in [3.8, 4) is 22.6 Å². The molecule has 1 aliphatic rings. The largest absolute Gasteiger partial charge is 0.496 e. The van der Waals surface area contributed by atoms with Gasteiger partial charge in [-0.25, -0.2) is 14.4 Å². The van der Waals surface area contributed by atoms with E-state index in [-0.39, 0.29) is 35.0 Å². The Morgan fingerprint density at radius 1 is 0.841 bits per heavy atom. The molecule has 9 heteroatoms. The van der Waals surface area contributed by atoms with Gasteiger partial charge in [-0.15, -0.1) is 11.3 Å². The second-order valence-corrected chi connectivity index (χ2v) is 12.3. The van der Waals surface area contributed by atoms with Gasteiger partial charge in [0.25, 0.3) is 0 Å². The minimum absolute atomic E-state index is 0.0397. The molecule has 226 valence electrons. The van der Waals surface area contributed by atoms with Crippen LogP contribution in [-0.2, 0) is 16.1 Å². The van der Waals surface area contributed by atoms with Crippen LogP contribution >= 0.6 is 11.3 Å². The molecule has 0 atom stereocenters. The normalized spacial score (nSPS) is 13.2. The van der Waals surface area contributed by atoms with Gasteiger partial charge in [-0.1, -0.05) is 18.2 Å². The third kappa shape index (κ3) is 6.38. The minimum Gasteiger partial charge on any atom is -0.496 e. The number of aryl methyl sites for hydroxylation is 1. The molecular formula is C35H33NO7S. The standard InChI is InChI=1S/C35H33NO7S/c1-20-18-35(3,4)36-28-14-13-25(27(31(20)28)19-42-34(39)30-15-10-21(2)44-30)26-12-11-24(17-29(26)40-5)43-33(38)23-9-7-8-22(16-23)32(37)41-6/h7-18,36H,19H2,1-6H3. The van der Waals surface area contributed by atoms with E-state index in [9.17, 15) is 14.4 Å². The van der Waals surface area contributed by atoms with E-state index in [4.69, 9.17) is 18.9 Å². The van der Waals surface area contributed by atoms with Crippen molar-refractivity contribution in [3.05, 3.63) is 105 Å². The predicted octanol–water partition coefficient (Wildman–Crippen LogP) is 7.70. The van der Waals surface area contributed by atoms with Crippen LogP contribution in [-0.4, -0.2) is 37.7 Å². The summed E-state index contributed by atoms with van der Waals surface area (Å²) in [6.45, 7) is 8.23. The number of allylic oxidation sites excluding steroid dienone is 1. The van der Waals surface area contributed by atoms with E-state index in [0.29, 0.717) is 10.6 Å². The molecule has 2 heterocycles. The summed E-state index contributed by atoms with van der Waals surface area (Å²) in [4.78, 5) is 39.4. The van der Waals surface area contributed by atoms with Crippen LogP contribution in [0.5, 0.6) is 11.5 Å². The van der Waals surface area contributed by atoms with Crippen molar-refractivity contribution >= 4 is 40.5 Å². The van der Waals surface area contributed by atoms with Crippen molar-refractivity contribution in [2.75, 3.05) is 19.5 Å². The Labute approximate surface area is 260 Å². The Bertz CT molecular complexity index is 1800. The summed E-state index contributed by atoms with van der Waals surface area (Å²) < 4.78 is 22.0. The number of thiophene rings is 1. The van der Waals surface area contributed by atoms with Crippen molar-refractivity contribution in [1.82, 2.24) is 0 Å². The fourth-order valence-corrected chi connectivity index (χ4v) is 6.13. The highest BCUT2D eigenvalue weighted by Crippen LogP contribution is 2.43. The van der Waals surface area contributed by atoms with Gasteiger partial charge >= 0.3 is 17.9 Å². The molecule has 0 unspecified atom stereocenters. The summed E-state index contributed by atoms with van der Waals surface area (Å²) in [5, 5.41) is 3.57. The van der Waals surface area contributed by atoms with Gasteiger partial charge in [0.05, 0.1) is 30.9 Å². The number of fused-ring (bicyclic) bond motifs is 1. The lowest BCUT2D eigenvalue weighted by Gasteiger charge is -2.33. The third-order valence-corrected chi connectivity index (χ3v) is 8.20. The molecule has 1 aliphatic heterocycles. The van der Waals surface area contributed by atoms with Crippen molar-refractivity contribution in [1.29, 1.82) is 0 Å². The van der Waals surface area contributed by atoms with Crippen molar-refractivity contribution in [2.45, 2.75) is 39.8 Å². The Morgan fingerprint density at radius 2 is 1.57 bits per heavy atom. The lowest BCUT2D eigenvalue weighted by molar-refractivity contribution is 0.0478. The fraction of sp³-hybridized carbons (Fsp3) is 0.229. The lowest BCUT2D eigenvalue weighted by atomic mass is 9.85. The van der Waals surface area contributed by atoms with E-state index in [2.05, 4.69) is 25.2 Å². The second-order valence-electron chi connectivity index (χ2n) is 11.0. The number of esters is 3. The number of anilines is 1. The van der Waals surface area contributed by atoms with E-state index < -0.39 is 11.9 Å². The number of ether oxygens (including phenoxy) is 4. The highest BCUT2D eigenvalue weighted by atomic mass is 32.1. The van der Waals surface area contributed by atoms with Crippen molar-refractivity contribution in [2.24, 2.45) is 0 Å². The summed E-state index contributed by atoms with van der Waals surface area (Å²) in [6, 6.07) is 18.9. The summed E-state index contributed by atoms with van der Waals surface area (Å²) >= 11 is 1.39. The number of hydrogen-bond donors (Lipinski definition) is 1. The minimum atomic E-state index is -0.634. The molecule has 0 spiro atoms. The maximum Gasteiger partial charge on any atom is 0.348 e. The first-order chi connectivity index (χ1) is 21.0. The monoisotopic (exact) mass is 611 g/mol. The van der Waals surface area contributed by atoms with Crippen LogP contribution in [0, 0.1) is 6.92 Å². The van der Waals surface area contributed by atoms with E-state index in [1.165, 1.54) is 31.6 Å². The molecule has 4 aromatic rings. The van der Waals surface area contributed by atoms with Gasteiger partial charge in [-0.2, -0.15) is 0 Å². The van der Waals surface area contributed by atoms with Gasteiger partial charge in [0.2, 0.25) is 0 Å². The number of benzene rings is 3. The van der Waals surface area contributed by atoms with Gasteiger partial charge < -0.3 is 24.3 Å². The Hall–Kier alpha value is -4.89. The molecule has 0 radical (unpaired) electrons. The Morgan fingerprint density at radius 3 is 2.25 bits per heavy atom. The van der Waals surface area contributed by atoms with Gasteiger partial charge in [0, 0.05) is 33.3 Å². The molecule has 8 nitrogen and oxygen atoms in total. The number of rotatable bonds is 8. The molecule has 0 saturated heterocycles. The first-order valence-corrected chi connectivity index (χ1v) is 14.8. The highest BCUT2D eigenvalue weighted by Gasteiger charge is 2.27. The topological polar surface area (TPSA) is 100 Å². The van der Waals surface area contributed by atoms with Crippen LogP contribution < -0.4 is 14.8 Å². The smallest absolute Gasteiger partial charge is 0.348 e. The van der Waals surface area contributed by atoms with Crippen molar-refractivity contribution < 1.29 is 33.3 Å². The summed E-state index contributed by atoms with van der Waals surface area (Å²) in [5.41, 5.74) is 5.52. The van der Waals surface area contributed by atoms with Crippen LogP contribution in [0.2, 0.25) is 0 Å². The van der Waals surface area contributed by atoms with Gasteiger partial charge in [0.15, 0.2) is 0 Å². The number of hydrogen-bond acceptors (Lipinski definition) is 9. The van der Waals surface area contributed by atoms with E-state index in [1.54, 1.807) is 42.5 Å². The van der Waals surface area contributed by atoms with Gasteiger partial charge in [-0.05, 0) is 87.4 Å². The Balaban J connectivity index is 1.50. The van der Waals surface area contributed by atoms with Gasteiger partial charge in [0.1, 0.15) is 23.0 Å². The molecule has 1 aromatic heterocycles. The second kappa shape index (κ2) is 12.4. The van der Waals surface area contributed by atoms with Crippen LogP contribution in [0.3, 0.4) is 0 Å². The maximum absolute atomic E-state index is 13.0. The molecule has 0 amide bonds. The highest BCUT2D eigenvalue weighted by molar-refractivity contribution is 7.13. The maximum atomic E-state index is 13.0. The van der Waals surface area contributed by atoms with E-state index in [0.717, 1.165) is 38.4 Å². The third-order valence-electron chi connectivity index (χ3n) is 7.22. The first kappa shape index (κ1) is 30.6. The zero-order valence-electron chi connectivity index (χ0n) is 25.4. The quantitative estimate of drug-likeness (QED) is 0.160. The van der Waals surface area contributed by atoms with Crippen LogP contribution in [0.1, 0.15) is 67.2 Å². The van der Waals surface area contributed by atoms with Crippen LogP contribution in [0.15, 0.2) is 72.8 Å². The van der Waals surface area contributed by atoms with E-state index in [1.807, 2.05) is 32.0 Å². The number of nitrogens with one attached hydrogen (secondary N) is 1. The van der Waals surface area contributed by atoms with E-state index >= 15 is 0 Å². The molecular weight excluding hydrogens is 578 g/mol. The first-order valence-electron chi connectivity index (χ1n) is 14.0. The average Bonchev–Trinajstić information content (AvgIpc) is 3.44. The molecule has 0 bridgehead atoms. The van der Waals surface area contributed by atoms with Gasteiger partial charge in [-0.3, -0.25) is 0 Å². The molecule has 1 N–H and O–H groups in total. The molecule has 0 saturated carbocycles. The summed E-state index contributed by atoms with van der Waals surface area (Å²) in [7, 11) is 2.81. The Kier molecular flexibility index (Phi) is 8.60. The predicted molar refractivity (Wildman–Crippen MR) is 171 cm³/mol. The number of carbonyl (C=O) groups is 3. The number of carbonyl (C=O) groups excluding carboxylic acids is 3. The molecule has 0 fully saturated rings. The van der Waals surface area contributed by atoms with Crippen LogP contribution in [0.4, 0.5) is 5.69 Å². The zero-order valence-corrected chi connectivity index (χ0v) is 26.2. The lowest BCUT2D eigenvalue weighted by Crippen LogP contribution is -2.32. The number of methoxy groups -OCH3 is 2. The fourth-order valence-electron chi connectivity index (χ4n) is 5.37. The van der Waals surface area contributed by atoms with Crippen molar-refractivity contribution in [3.63, 3.8) is 0 Å². The zero-order chi connectivity index (χ0) is 31.6. The molecule has 5 rings (SSSR count). The summed E-state index contributed by atoms with van der Waals surface area (Å²) in [5.74, 6) is -0.844. The summed E-state index contributed by atoms with van der Waals surface area (Å²) in [6.07, 6.45) is 2.15. The molecule has 44 heavy (non-hydrogen) atoms. The SMILES string of the molecule is COC(=O)c1cccc(C(=O)Oc2ccc(-c3ccc4c(c3COC(=O)c3ccc(C)s3)C(C)=CC(C)(C)N4)c(OC)c2)c1.